The number of alkyl halides is 3. The molecule has 0 fully saturated rings. The second-order valence-electron chi connectivity index (χ2n) is 12.4. The van der Waals surface area contributed by atoms with E-state index < -0.39 is 29.8 Å². The fourth-order valence-electron chi connectivity index (χ4n) is 4.73. The van der Waals surface area contributed by atoms with Gasteiger partial charge in [-0.3, -0.25) is 10.1 Å². The fourth-order valence-corrected chi connectivity index (χ4v) is 5.61. The maximum atomic E-state index is 14.1. The zero-order valence-corrected chi connectivity index (χ0v) is 28.2. The predicted molar refractivity (Wildman–Crippen MR) is 184 cm³/mol. The highest BCUT2D eigenvalue weighted by molar-refractivity contribution is 7.99. The van der Waals surface area contributed by atoms with Crippen molar-refractivity contribution >= 4 is 52.0 Å². The smallest absolute Gasteiger partial charge is 0.412 e. The lowest BCUT2D eigenvalue weighted by Crippen LogP contribution is -2.38. The largest absolute Gasteiger partial charge is 0.444 e. The van der Waals surface area contributed by atoms with Gasteiger partial charge in [-0.15, -0.1) is 0 Å². The second kappa shape index (κ2) is 14.5. The van der Waals surface area contributed by atoms with Crippen LogP contribution in [0.3, 0.4) is 0 Å². The first-order valence-electron chi connectivity index (χ1n) is 15.4. The van der Waals surface area contributed by atoms with Gasteiger partial charge in [0, 0.05) is 26.7 Å². The van der Waals surface area contributed by atoms with E-state index in [1.807, 2.05) is 26.0 Å². The molecule has 0 saturated carbocycles. The first-order valence-corrected chi connectivity index (χ1v) is 16.2. The van der Waals surface area contributed by atoms with E-state index in [4.69, 9.17) is 4.74 Å². The number of carbonyl (C=O) groups excluding carboxylic acids is 2. The van der Waals surface area contributed by atoms with Crippen molar-refractivity contribution in [2.75, 3.05) is 10.6 Å². The Morgan fingerprint density at radius 2 is 1.59 bits per heavy atom. The predicted octanol–water partition coefficient (Wildman–Crippen LogP) is 9.42. The number of fused-ring (bicyclic) bond motifs is 1. The molecule has 5 rings (SSSR count). The van der Waals surface area contributed by atoms with Crippen LogP contribution in [-0.4, -0.2) is 38.7 Å². The summed E-state index contributed by atoms with van der Waals surface area (Å²) in [6.45, 7) is 9.36. The molecule has 9 nitrogen and oxygen atoms in total. The summed E-state index contributed by atoms with van der Waals surface area (Å²) >= 11 is 1.34. The third kappa shape index (κ3) is 9.26. The van der Waals surface area contributed by atoms with Crippen LogP contribution < -0.4 is 16.0 Å². The summed E-state index contributed by atoms with van der Waals surface area (Å²) < 4.78 is 47.5. The molecule has 3 N–H and O–H groups in total. The maximum Gasteiger partial charge on any atom is 0.412 e. The van der Waals surface area contributed by atoms with E-state index in [1.54, 1.807) is 57.2 Å². The lowest BCUT2D eigenvalue weighted by molar-refractivity contribution is -0.155. The Balaban J connectivity index is 1.47. The number of nitrogens with zero attached hydrogens (tertiary/aromatic N) is 3. The average molecular weight is 689 g/mol. The molecular weight excluding hydrogens is 653 g/mol. The third-order valence-corrected chi connectivity index (χ3v) is 8.15. The molecule has 1 atom stereocenters. The van der Waals surface area contributed by atoms with E-state index in [-0.39, 0.29) is 17.0 Å². The van der Waals surface area contributed by atoms with Crippen molar-refractivity contribution in [1.82, 2.24) is 20.3 Å². The van der Waals surface area contributed by atoms with Crippen LogP contribution in [0.15, 0.2) is 101 Å². The van der Waals surface area contributed by atoms with Gasteiger partial charge < -0.3 is 15.4 Å². The zero-order valence-electron chi connectivity index (χ0n) is 27.4. The minimum absolute atomic E-state index is 0.00696. The number of halogens is 3. The number of ether oxygens (including phenoxy) is 1. The molecule has 3 aromatic carbocycles. The van der Waals surface area contributed by atoms with Crippen LogP contribution in [0.25, 0.3) is 11.0 Å². The van der Waals surface area contributed by atoms with Gasteiger partial charge in [0.1, 0.15) is 17.7 Å². The summed E-state index contributed by atoms with van der Waals surface area (Å²) in [5.74, 6) is -0.322. The lowest BCUT2D eigenvalue weighted by atomic mass is 10.1. The third-order valence-electron chi connectivity index (χ3n) is 7.07. The monoisotopic (exact) mass is 688 g/mol. The van der Waals surface area contributed by atoms with E-state index >= 15 is 0 Å². The van der Waals surface area contributed by atoms with Crippen molar-refractivity contribution < 1.29 is 27.5 Å². The van der Waals surface area contributed by atoms with Gasteiger partial charge in [0.05, 0.1) is 11.1 Å². The SMILES string of the molecule is CC(C)c1ccc2c(Nc3cc(C(=O)N[C@H](c4ccccc4)C(F)(F)F)ccc3Sc3ccc(NC(=O)OC(C)(C)C)cc3)ncnc2n1. The van der Waals surface area contributed by atoms with Gasteiger partial charge >= 0.3 is 12.3 Å². The number of carbonyl (C=O) groups is 2. The quantitative estimate of drug-likeness (QED) is 0.140. The molecule has 0 bridgehead atoms. The van der Waals surface area contributed by atoms with Crippen LogP contribution in [0.5, 0.6) is 0 Å². The van der Waals surface area contributed by atoms with Crippen LogP contribution in [0.1, 0.15) is 68.2 Å². The molecule has 2 heterocycles. The molecule has 0 aliphatic carbocycles. The summed E-state index contributed by atoms with van der Waals surface area (Å²) in [6, 6.07) is 20.4. The Bertz CT molecular complexity index is 1950. The number of anilines is 3. The van der Waals surface area contributed by atoms with Gasteiger partial charge in [-0.25, -0.2) is 19.7 Å². The molecule has 0 saturated heterocycles. The van der Waals surface area contributed by atoms with Crippen molar-refractivity contribution in [3.05, 3.63) is 108 Å². The van der Waals surface area contributed by atoms with Gasteiger partial charge in [-0.05, 0) is 86.8 Å². The molecule has 0 radical (unpaired) electrons. The van der Waals surface area contributed by atoms with E-state index in [1.165, 1.54) is 54.5 Å². The summed E-state index contributed by atoms with van der Waals surface area (Å²) in [5, 5.41) is 8.73. The minimum atomic E-state index is -4.72. The Kier molecular flexibility index (Phi) is 10.4. The van der Waals surface area contributed by atoms with E-state index in [2.05, 4.69) is 30.9 Å². The molecule has 49 heavy (non-hydrogen) atoms. The molecule has 13 heteroatoms. The molecular formula is C36H35F3N6O3S. The van der Waals surface area contributed by atoms with Crippen LogP contribution in [0, 0.1) is 0 Å². The number of hydrogen-bond acceptors (Lipinski definition) is 8. The van der Waals surface area contributed by atoms with Gasteiger partial charge in [0.25, 0.3) is 5.91 Å². The van der Waals surface area contributed by atoms with Gasteiger partial charge in [0.15, 0.2) is 11.7 Å². The molecule has 0 aliphatic heterocycles. The minimum Gasteiger partial charge on any atom is -0.444 e. The number of pyridine rings is 1. The molecule has 2 amide bonds. The number of amides is 2. The fraction of sp³-hybridized carbons (Fsp3) is 0.250. The first kappa shape index (κ1) is 35.1. The Morgan fingerprint density at radius 3 is 2.24 bits per heavy atom. The summed E-state index contributed by atoms with van der Waals surface area (Å²) in [5.41, 5.74) is 1.55. The summed E-state index contributed by atoms with van der Waals surface area (Å²) in [6.07, 6.45) is -3.93. The van der Waals surface area contributed by atoms with Crippen molar-refractivity contribution in [3.63, 3.8) is 0 Å². The van der Waals surface area contributed by atoms with E-state index in [9.17, 15) is 22.8 Å². The highest BCUT2D eigenvalue weighted by atomic mass is 32.2. The topological polar surface area (TPSA) is 118 Å². The van der Waals surface area contributed by atoms with Crippen LogP contribution in [-0.2, 0) is 4.74 Å². The molecule has 254 valence electrons. The maximum absolute atomic E-state index is 14.1. The normalized spacial score (nSPS) is 12.4. The molecule has 0 aliphatic rings. The van der Waals surface area contributed by atoms with Gasteiger partial charge in [-0.1, -0.05) is 55.9 Å². The lowest BCUT2D eigenvalue weighted by Gasteiger charge is -2.22. The average Bonchev–Trinajstić information content (AvgIpc) is 3.04. The summed E-state index contributed by atoms with van der Waals surface area (Å²) in [7, 11) is 0. The number of aromatic nitrogens is 3. The van der Waals surface area contributed by atoms with Crippen molar-refractivity contribution in [1.29, 1.82) is 0 Å². The van der Waals surface area contributed by atoms with Crippen molar-refractivity contribution in [2.45, 2.75) is 68.1 Å². The number of benzene rings is 3. The van der Waals surface area contributed by atoms with Gasteiger partial charge in [0.2, 0.25) is 0 Å². The number of hydrogen-bond donors (Lipinski definition) is 3. The number of nitrogens with one attached hydrogen (secondary N) is 3. The second-order valence-corrected chi connectivity index (χ2v) is 13.5. The highest BCUT2D eigenvalue weighted by Gasteiger charge is 2.42. The van der Waals surface area contributed by atoms with Crippen LogP contribution in [0.2, 0.25) is 0 Å². The van der Waals surface area contributed by atoms with Crippen LogP contribution in [0.4, 0.5) is 35.2 Å². The van der Waals surface area contributed by atoms with E-state index in [0.717, 1.165) is 10.6 Å². The number of rotatable bonds is 9. The van der Waals surface area contributed by atoms with Crippen molar-refractivity contribution in [2.24, 2.45) is 0 Å². The molecule has 0 spiro atoms. The Labute approximate surface area is 286 Å². The summed E-state index contributed by atoms with van der Waals surface area (Å²) in [4.78, 5) is 40.4. The highest BCUT2D eigenvalue weighted by Crippen LogP contribution is 2.38. The van der Waals surface area contributed by atoms with Crippen molar-refractivity contribution in [3.8, 4) is 0 Å². The Hall–Kier alpha value is -5.17. The van der Waals surface area contributed by atoms with Gasteiger partial charge in [-0.2, -0.15) is 13.2 Å². The Morgan fingerprint density at radius 1 is 0.878 bits per heavy atom. The zero-order chi connectivity index (χ0) is 35.3. The first-order chi connectivity index (χ1) is 23.2. The molecule has 5 aromatic rings. The standard InChI is InChI=1S/C36H35F3N6O3S/c1-21(2)27-17-16-26-31(43-27)40-20-41-32(26)44-28-19-23(33(46)45-30(36(37,38)39)22-9-7-6-8-10-22)11-18-29(28)49-25-14-12-24(13-15-25)42-34(47)48-35(3,4)5/h6-21,30H,1-5H3,(H,42,47)(H,45,46)(H,40,41,43,44)/t30-/m1/s1. The van der Waals surface area contributed by atoms with Crippen LogP contribution >= 0.6 is 11.8 Å². The van der Waals surface area contributed by atoms with E-state index in [0.29, 0.717) is 33.1 Å². The molecule has 2 aromatic heterocycles. The molecule has 0 unspecified atom stereocenters.